The van der Waals surface area contributed by atoms with E-state index >= 15 is 0 Å². The van der Waals surface area contributed by atoms with Gasteiger partial charge in [0.1, 0.15) is 0 Å². The van der Waals surface area contributed by atoms with Gasteiger partial charge in [-0.05, 0) is 30.5 Å². The number of anilines is 1. The number of hydrogen-bond acceptors (Lipinski definition) is 2. The highest BCUT2D eigenvalue weighted by molar-refractivity contribution is 5.95. The van der Waals surface area contributed by atoms with Crippen LogP contribution >= 0.6 is 0 Å². The fourth-order valence-corrected chi connectivity index (χ4v) is 2.64. The van der Waals surface area contributed by atoms with E-state index in [4.69, 9.17) is 0 Å². The van der Waals surface area contributed by atoms with Crippen LogP contribution in [0.5, 0.6) is 0 Å². The summed E-state index contributed by atoms with van der Waals surface area (Å²) in [4.78, 5) is 12.0. The van der Waals surface area contributed by atoms with E-state index < -0.39 is 0 Å². The normalized spacial score (nSPS) is 12.8. The second-order valence-electron chi connectivity index (χ2n) is 5.57. The lowest BCUT2D eigenvalue weighted by Crippen LogP contribution is -2.24. The summed E-state index contributed by atoms with van der Waals surface area (Å²) in [6, 6.07) is 5.97. The number of nitrogens with one attached hydrogen (secondary N) is 2. The molecule has 20 heavy (non-hydrogen) atoms. The molecule has 1 aliphatic heterocycles. The number of hydrogen-bond donors (Lipinski definition) is 2. The maximum absolute atomic E-state index is 12.0. The highest BCUT2D eigenvalue weighted by Gasteiger charge is 2.12. The molecule has 3 nitrogen and oxygen atoms in total. The van der Waals surface area contributed by atoms with Gasteiger partial charge in [-0.3, -0.25) is 4.79 Å². The third kappa shape index (κ3) is 4.26. The Kier molecular flexibility index (Phi) is 5.90. The molecule has 2 N–H and O–H groups in total. The third-order valence-electron chi connectivity index (χ3n) is 3.90. The minimum Gasteiger partial charge on any atom is -0.384 e. The predicted octanol–water partition coefficient (Wildman–Crippen LogP) is 3.74. The molecule has 0 fully saturated rings. The van der Waals surface area contributed by atoms with Gasteiger partial charge in [0, 0.05) is 24.3 Å². The molecular formula is C17H26N2O. The smallest absolute Gasteiger partial charge is 0.251 e. The van der Waals surface area contributed by atoms with E-state index in [9.17, 15) is 4.79 Å². The summed E-state index contributed by atoms with van der Waals surface area (Å²) in [5.74, 6) is 0.0510. The number of carbonyl (C=O) groups excluding carboxylic acids is 1. The van der Waals surface area contributed by atoms with Crippen molar-refractivity contribution >= 4 is 11.6 Å². The Balaban J connectivity index is 1.67. The van der Waals surface area contributed by atoms with E-state index in [1.54, 1.807) is 0 Å². The van der Waals surface area contributed by atoms with Crippen LogP contribution < -0.4 is 10.6 Å². The van der Waals surface area contributed by atoms with Gasteiger partial charge in [-0.15, -0.1) is 0 Å². The summed E-state index contributed by atoms with van der Waals surface area (Å²) in [5, 5.41) is 6.33. The van der Waals surface area contributed by atoms with Crippen LogP contribution in [-0.2, 0) is 6.42 Å². The van der Waals surface area contributed by atoms with Gasteiger partial charge >= 0.3 is 0 Å². The van der Waals surface area contributed by atoms with Crippen molar-refractivity contribution in [3.05, 3.63) is 29.3 Å². The van der Waals surface area contributed by atoms with Crippen LogP contribution in [0.2, 0.25) is 0 Å². The van der Waals surface area contributed by atoms with Crippen molar-refractivity contribution in [1.29, 1.82) is 0 Å². The number of amides is 1. The van der Waals surface area contributed by atoms with Gasteiger partial charge in [0.15, 0.2) is 0 Å². The largest absolute Gasteiger partial charge is 0.384 e. The monoisotopic (exact) mass is 274 g/mol. The van der Waals surface area contributed by atoms with E-state index in [0.717, 1.165) is 37.2 Å². The van der Waals surface area contributed by atoms with Crippen LogP contribution in [-0.4, -0.2) is 19.0 Å². The second-order valence-corrected chi connectivity index (χ2v) is 5.57. The predicted molar refractivity (Wildman–Crippen MR) is 84.3 cm³/mol. The molecule has 0 saturated heterocycles. The average Bonchev–Trinajstić information content (AvgIpc) is 2.93. The van der Waals surface area contributed by atoms with Gasteiger partial charge < -0.3 is 10.6 Å². The Hall–Kier alpha value is -1.51. The molecule has 1 aliphatic rings. The molecule has 0 aliphatic carbocycles. The lowest BCUT2D eigenvalue weighted by molar-refractivity contribution is 0.0953. The Morgan fingerprint density at radius 3 is 2.85 bits per heavy atom. The van der Waals surface area contributed by atoms with Crippen LogP contribution in [0.15, 0.2) is 18.2 Å². The van der Waals surface area contributed by atoms with E-state index in [2.05, 4.69) is 23.6 Å². The zero-order valence-corrected chi connectivity index (χ0v) is 12.5. The van der Waals surface area contributed by atoms with Crippen LogP contribution in [0.3, 0.4) is 0 Å². The Labute approximate surface area is 122 Å². The first-order valence-electron chi connectivity index (χ1n) is 7.96. The molecule has 3 heteroatoms. The summed E-state index contributed by atoms with van der Waals surface area (Å²) in [5.41, 5.74) is 3.21. The molecule has 0 bridgehead atoms. The molecule has 1 heterocycles. The van der Waals surface area contributed by atoms with E-state index in [1.807, 2.05) is 12.1 Å². The van der Waals surface area contributed by atoms with Crippen LogP contribution in [0.25, 0.3) is 0 Å². The highest BCUT2D eigenvalue weighted by Crippen LogP contribution is 2.23. The van der Waals surface area contributed by atoms with Gasteiger partial charge in [0.25, 0.3) is 5.91 Å². The minimum atomic E-state index is 0.0510. The summed E-state index contributed by atoms with van der Waals surface area (Å²) in [7, 11) is 0. The van der Waals surface area contributed by atoms with Crippen molar-refractivity contribution in [2.75, 3.05) is 18.4 Å². The molecule has 1 amide bonds. The molecule has 1 aromatic carbocycles. The molecule has 110 valence electrons. The highest BCUT2D eigenvalue weighted by atomic mass is 16.1. The van der Waals surface area contributed by atoms with Gasteiger partial charge in [-0.25, -0.2) is 0 Å². The van der Waals surface area contributed by atoms with E-state index in [1.165, 1.54) is 37.7 Å². The topological polar surface area (TPSA) is 41.1 Å². The van der Waals surface area contributed by atoms with Crippen LogP contribution in [0.1, 0.15) is 61.4 Å². The lowest BCUT2D eigenvalue weighted by atomic mass is 10.1. The number of fused-ring (bicyclic) bond motifs is 1. The SMILES string of the molecule is CCCCCCCCNC(=O)c1ccc2c(c1)NCC2. The van der Waals surface area contributed by atoms with E-state index in [-0.39, 0.29) is 5.91 Å². The van der Waals surface area contributed by atoms with Crippen molar-refractivity contribution in [3.63, 3.8) is 0 Å². The standard InChI is InChI=1S/C17H26N2O/c1-2-3-4-5-6-7-11-19-17(20)15-9-8-14-10-12-18-16(14)13-15/h8-9,13,18H,2-7,10-12H2,1H3,(H,19,20). The van der Waals surface area contributed by atoms with Crippen LogP contribution in [0, 0.1) is 0 Å². The Bertz CT molecular complexity index is 443. The minimum absolute atomic E-state index is 0.0510. The Morgan fingerprint density at radius 1 is 1.20 bits per heavy atom. The third-order valence-corrected chi connectivity index (χ3v) is 3.90. The maximum atomic E-state index is 12.0. The zero-order chi connectivity index (χ0) is 14.2. The van der Waals surface area contributed by atoms with Gasteiger partial charge in [-0.1, -0.05) is 45.1 Å². The number of carbonyl (C=O) groups is 1. The molecule has 0 radical (unpaired) electrons. The summed E-state index contributed by atoms with van der Waals surface area (Å²) < 4.78 is 0. The molecule has 2 rings (SSSR count). The summed E-state index contributed by atoms with van der Waals surface area (Å²) >= 11 is 0. The van der Waals surface area contributed by atoms with E-state index in [0.29, 0.717) is 0 Å². The molecule has 0 spiro atoms. The van der Waals surface area contributed by atoms with Crippen molar-refractivity contribution in [2.45, 2.75) is 51.9 Å². The van der Waals surface area contributed by atoms with Crippen molar-refractivity contribution < 1.29 is 4.79 Å². The lowest BCUT2D eigenvalue weighted by Gasteiger charge is -2.07. The first-order valence-corrected chi connectivity index (χ1v) is 7.96. The number of rotatable bonds is 8. The second kappa shape index (κ2) is 7.93. The van der Waals surface area contributed by atoms with Gasteiger partial charge in [0.2, 0.25) is 0 Å². The number of benzene rings is 1. The van der Waals surface area contributed by atoms with Gasteiger partial charge in [-0.2, -0.15) is 0 Å². The first-order chi connectivity index (χ1) is 9.81. The molecule has 0 saturated carbocycles. The van der Waals surface area contributed by atoms with Crippen LogP contribution in [0.4, 0.5) is 5.69 Å². The average molecular weight is 274 g/mol. The summed E-state index contributed by atoms with van der Waals surface area (Å²) in [6.45, 7) is 4.00. The quantitative estimate of drug-likeness (QED) is 0.709. The van der Waals surface area contributed by atoms with Crippen molar-refractivity contribution in [3.8, 4) is 0 Å². The number of unbranched alkanes of at least 4 members (excludes halogenated alkanes) is 5. The molecule has 0 aromatic heterocycles. The molecule has 0 atom stereocenters. The Morgan fingerprint density at radius 2 is 2.00 bits per heavy atom. The van der Waals surface area contributed by atoms with Crippen molar-refractivity contribution in [1.82, 2.24) is 5.32 Å². The molecular weight excluding hydrogens is 248 g/mol. The fourth-order valence-electron chi connectivity index (χ4n) is 2.64. The summed E-state index contributed by atoms with van der Waals surface area (Å²) in [6.07, 6.45) is 8.57. The molecule has 1 aromatic rings. The van der Waals surface area contributed by atoms with Gasteiger partial charge in [0.05, 0.1) is 0 Å². The maximum Gasteiger partial charge on any atom is 0.251 e. The fraction of sp³-hybridized carbons (Fsp3) is 0.588. The van der Waals surface area contributed by atoms with Crippen molar-refractivity contribution in [2.24, 2.45) is 0 Å². The molecule has 0 unspecified atom stereocenters. The zero-order valence-electron chi connectivity index (χ0n) is 12.5. The first kappa shape index (κ1) is 14.9.